The van der Waals surface area contributed by atoms with Crippen LogP contribution in [0.5, 0.6) is 0 Å². The lowest BCUT2D eigenvalue weighted by Crippen LogP contribution is -2.48. The highest BCUT2D eigenvalue weighted by molar-refractivity contribution is 6.12. The first-order valence-corrected chi connectivity index (χ1v) is 17.7. The van der Waals surface area contributed by atoms with E-state index in [0.717, 1.165) is 43.4 Å². The van der Waals surface area contributed by atoms with E-state index in [1.54, 1.807) is 0 Å². The van der Waals surface area contributed by atoms with E-state index in [4.69, 9.17) is 5.11 Å². The highest BCUT2D eigenvalue weighted by atomic mass is 16.4. The number of nitrogens with one attached hydrogen (secondary N) is 2. The SMILES string of the molecule is O=C(O)CCCCCCCCCCCCCCCCCCCCC(=O)NC(CNC(=O)CCCCCN1C(=O)C=CC1=O)C(=O)O. The molecule has 1 unspecified atom stereocenters. The molecule has 0 saturated heterocycles. The number of imide groups is 1. The van der Waals surface area contributed by atoms with Crippen LogP contribution in [-0.4, -0.2) is 69.8 Å². The molecule has 0 bridgehead atoms. The van der Waals surface area contributed by atoms with E-state index < -0.39 is 18.0 Å². The molecule has 0 fully saturated rings. The minimum Gasteiger partial charge on any atom is -0.481 e. The maximum absolute atomic E-state index is 12.2. The van der Waals surface area contributed by atoms with E-state index in [1.165, 1.54) is 82.8 Å². The Bertz CT molecular complexity index is 934. The van der Waals surface area contributed by atoms with Crippen LogP contribution < -0.4 is 10.6 Å². The zero-order chi connectivity index (χ0) is 33.8. The molecule has 1 heterocycles. The van der Waals surface area contributed by atoms with Gasteiger partial charge in [0.1, 0.15) is 6.04 Å². The molecule has 11 nitrogen and oxygen atoms in total. The third-order valence-electron chi connectivity index (χ3n) is 8.37. The molecule has 4 N–H and O–H groups in total. The van der Waals surface area contributed by atoms with Crippen molar-refractivity contribution < 1.29 is 39.0 Å². The maximum Gasteiger partial charge on any atom is 0.328 e. The lowest BCUT2D eigenvalue weighted by molar-refractivity contribution is -0.142. The van der Waals surface area contributed by atoms with Gasteiger partial charge in [-0.1, -0.05) is 109 Å². The average Bonchev–Trinajstić information content (AvgIpc) is 3.33. The summed E-state index contributed by atoms with van der Waals surface area (Å²) in [6, 6.07) is -1.18. The van der Waals surface area contributed by atoms with Crippen molar-refractivity contribution in [3.8, 4) is 0 Å². The zero-order valence-corrected chi connectivity index (χ0v) is 27.9. The number of aliphatic carboxylic acids is 2. The summed E-state index contributed by atoms with van der Waals surface area (Å²) in [5, 5.41) is 23.1. The van der Waals surface area contributed by atoms with Gasteiger partial charge in [0, 0.05) is 44.5 Å². The number of hydrogen-bond donors (Lipinski definition) is 4. The molecule has 0 aromatic rings. The maximum atomic E-state index is 12.2. The van der Waals surface area contributed by atoms with E-state index in [0.29, 0.717) is 38.6 Å². The molecular formula is C35H59N3O8. The molecule has 1 aliphatic heterocycles. The minimum atomic E-state index is -1.19. The third kappa shape index (κ3) is 22.3. The average molecular weight is 650 g/mol. The molecule has 0 spiro atoms. The summed E-state index contributed by atoms with van der Waals surface area (Å²) < 4.78 is 0. The van der Waals surface area contributed by atoms with Crippen molar-refractivity contribution in [1.82, 2.24) is 15.5 Å². The topological polar surface area (TPSA) is 170 Å². The van der Waals surface area contributed by atoms with Gasteiger partial charge in [0.25, 0.3) is 11.8 Å². The van der Waals surface area contributed by atoms with Crippen LogP contribution in [0, 0.1) is 0 Å². The van der Waals surface area contributed by atoms with Crippen LogP contribution in [0.2, 0.25) is 0 Å². The second-order valence-corrected chi connectivity index (χ2v) is 12.5. The molecule has 0 aromatic carbocycles. The normalized spacial score (nSPS) is 13.3. The standard InChI is InChI=1S/C35H59N3O8/c39-30(22-19-17-21-27-38-32(41)25-26-33(38)42)36-28-29(35(45)46)37-31(40)23-18-15-13-11-9-7-5-3-1-2-4-6-8-10-12-14-16-20-24-34(43)44/h25-26,29H,1-24,27-28H2,(H,36,39)(H,37,40)(H,43,44)(H,45,46). The van der Waals surface area contributed by atoms with Crippen molar-refractivity contribution in [3.05, 3.63) is 12.2 Å². The van der Waals surface area contributed by atoms with E-state index in [9.17, 15) is 33.9 Å². The number of nitrogens with zero attached hydrogens (tertiary/aromatic N) is 1. The zero-order valence-electron chi connectivity index (χ0n) is 27.9. The van der Waals surface area contributed by atoms with Crippen LogP contribution in [0.1, 0.15) is 154 Å². The third-order valence-corrected chi connectivity index (χ3v) is 8.37. The fourth-order valence-corrected chi connectivity index (χ4v) is 5.54. The highest BCUT2D eigenvalue weighted by Gasteiger charge is 2.22. The second-order valence-electron chi connectivity index (χ2n) is 12.5. The Labute approximate surface area is 275 Å². The summed E-state index contributed by atoms with van der Waals surface area (Å²) in [5.74, 6) is -3.16. The van der Waals surface area contributed by atoms with E-state index in [1.807, 2.05) is 0 Å². The van der Waals surface area contributed by atoms with Crippen LogP contribution in [0.25, 0.3) is 0 Å². The Morgan fingerprint density at radius 1 is 0.543 bits per heavy atom. The van der Waals surface area contributed by atoms with Gasteiger partial charge in [-0.2, -0.15) is 0 Å². The molecule has 0 radical (unpaired) electrons. The van der Waals surface area contributed by atoms with Crippen LogP contribution in [-0.2, 0) is 28.8 Å². The Balaban J connectivity index is 1.91. The fraction of sp³-hybridized carbons (Fsp3) is 0.771. The van der Waals surface area contributed by atoms with Crippen molar-refractivity contribution >= 4 is 35.6 Å². The predicted molar refractivity (Wildman–Crippen MR) is 177 cm³/mol. The Hall–Kier alpha value is -3.24. The molecular weight excluding hydrogens is 590 g/mol. The van der Waals surface area contributed by atoms with E-state index >= 15 is 0 Å². The van der Waals surface area contributed by atoms with Gasteiger partial charge in [0.2, 0.25) is 11.8 Å². The predicted octanol–water partition coefficient (Wildman–Crippen LogP) is 6.04. The van der Waals surface area contributed by atoms with E-state index in [2.05, 4.69) is 10.6 Å². The van der Waals surface area contributed by atoms with Gasteiger partial charge < -0.3 is 20.8 Å². The lowest BCUT2D eigenvalue weighted by atomic mass is 10.0. The van der Waals surface area contributed by atoms with Crippen LogP contribution >= 0.6 is 0 Å². The van der Waals surface area contributed by atoms with Gasteiger partial charge in [0.05, 0.1) is 0 Å². The minimum absolute atomic E-state index is 0.179. The summed E-state index contributed by atoms with van der Waals surface area (Å²) in [4.78, 5) is 70.6. The molecule has 0 aromatic heterocycles. The molecule has 1 atom stereocenters. The first kappa shape index (κ1) is 40.8. The largest absolute Gasteiger partial charge is 0.481 e. The summed E-state index contributed by atoms with van der Waals surface area (Å²) >= 11 is 0. The molecule has 0 saturated carbocycles. The Morgan fingerprint density at radius 2 is 0.913 bits per heavy atom. The van der Waals surface area contributed by atoms with Crippen LogP contribution in [0.15, 0.2) is 12.2 Å². The van der Waals surface area contributed by atoms with Crippen molar-refractivity contribution in [3.63, 3.8) is 0 Å². The van der Waals surface area contributed by atoms with Gasteiger partial charge in [-0.3, -0.25) is 28.9 Å². The van der Waals surface area contributed by atoms with Crippen LogP contribution in [0.4, 0.5) is 0 Å². The van der Waals surface area contributed by atoms with Crippen molar-refractivity contribution in [2.75, 3.05) is 13.1 Å². The molecule has 262 valence electrons. The number of rotatable bonds is 31. The molecule has 46 heavy (non-hydrogen) atoms. The van der Waals surface area contributed by atoms with Gasteiger partial charge >= 0.3 is 11.9 Å². The number of unbranched alkanes of at least 4 members (excludes halogenated alkanes) is 19. The van der Waals surface area contributed by atoms with Crippen molar-refractivity contribution in [1.29, 1.82) is 0 Å². The summed E-state index contributed by atoms with van der Waals surface area (Å²) in [6.07, 6.45) is 25.8. The lowest BCUT2D eigenvalue weighted by Gasteiger charge is -2.15. The molecule has 1 aliphatic rings. The number of amides is 4. The second kappa shape index (κ2) is 26.9. The summed E-state index contributed by atoms with van der Waals surface area (Å²) in [7, 11) is 0. The number of carbonyl (C=O) groups excluding carboxylic acids is 4. The number of carboxylic acid groups (broad SMARTS) is 2. The van der Waals surface area contributed by atoms with Crippen LogP contribution in [0.3, 0.4) is 0 Å². The number of carboxylic acids is 2. The Kier molecular flexibility index (Phi) is 23.9. The number of hydrogen-bond acceptors (Lipinski definition) is 6. The molecule has 0 aliphatic carbocycles. The molecule has 1 rings (SSSR count). The first-order valence-electron chi connectivity index (χ1n) is 17.7. The fourth-order valence-electron chi connectivity index (χ4n) is 5.54. The highest BCUT2D eigenvalue weighted by Crippen LogP contribution is 2.15. The Morgan fingerprint density at radius 3 is 1.33 bits per heavy atom. The monoisotopic (exact) mass is 649 g/mol. The first-order chi connectivity index (χ1) is 22.2. The summed E-state index contributed by atoms with van der Waals surface area (Å²) in [6.45, 7) is 0.130. The number of carbonyl (C=O) groups is 6. The summed E-state index contributed by atoms with van der Waals surface area (Å²) in [5.41, 5.74) is 0. The molecule has 11 heteroatoms. The van der Waals surface area contributed by atoms with Crippen molar-refractivity contribution in [2.45, 2.75) is 160 Å². The smallest absolute Gasteiger partial charge is 0.328 e. The van der Waals surface area contributed by atoms with Gasteiger partial charge in [-0.05, 0) is 25.7 Å². The van der Waals surface area contributed by atoms with Gasteiger partial charge in [0.15, 0.2) is 0 Å². The molecule has 4 amide bonds. The van der Waals surface area contributed by atoms with Gasteiger partial charge in [-0.25, -0.2) is 4.79 Å². The van der Waals surface area contributed by atoms with E-state index in [-0.39, 0.29) is 43.0 Å². The van der Waals surface area contributed by atoms with Crippen molar-refractivity contribution in [2.24, 2.45) is 0 Å². The quantitative estimate of drug-likeness (QED) is 0.0520. The van der Waals surface area contributed by atoms with Gasteiger partial charge in [-0.15, -0.1) is 0 Å².